The highest BCUT2D eigenvalue weighted by atomic mass is 35.5. The summed E-state index contributed by atoms with van der Waals surface area (Å²) >= 11 is 6.38. The van der Waals surface area contributed by atoms with Crippen LogP contribution < -0.4 is 25.4 Å². The number of aromatic nitrogens is 2. The number of carbonyl (C=O) groups is 1. The fourth-order valence-electron chi connectivity index (χ4n) is 4.10. The van der Waals surface area contributed by atoms with Gasteiger partial charge >= 0.3 is 0 Å². The number of ether oxygens (including phenoxy) is 1. The zero-order valence-corrected chi connectivity index (χ0v) is 23.6. The Labute approximate surface area is 242 Å². The third-order valence-corrected chi connectivity index (χ3v) is 7.90. The molecule has 5 rings (SSSR count). The predicted octanol–water partition coefficient (Wildman–Crippen LogP) is 5.00. The Bertz CT molecular complexity index is 1770. The van der Waals surface area contributed by atoms with Crippen LogP contribution in [0.3, 0.4) is 0 Å². The zero-order chi connectivity index (χ0) is 28.8. The van der Waals surface area contributed by atoms with Gasteiger partial charge < -0.3 is 20.7 Å². The number of para-hydroxylation sites is 2. The van der Waals surface area contributed by atoms with Crippen molar-refractivity contribution in [3.05, 3.63) is 101 Å². The van der Waals surface area contributed by atoms with Gasteiger partial charge in [-0.1, -0.05) is 35.9 Å². The number of benzene rings is 3. The Morgan fingerprint density at radius 1 is 1.02 bits per heavy atom. The lowest BCUT2D eigenvalue weighted by Gasteiger charge is -2.15. The van der Waals surface area contributed by atoms with Gasteiger partial charge in [-0.15, -0.1) is 0 Å². The molecule has 210 valence electrons. The van der Waals surface area contributed by atoms with Crippen LogP contribution in [0.1, 0.15) is 16.8 Å². The lowest BCUT2D eigenvalue weighted by Crippen LogP contribution is -2.25. The fraction of sp³-hybridized carbons (Fsp3) is 0.138. The largest absolute Gasteiger partial charge is 0.497 e. The number of methoxy groups -OCH3 is 1. The van der Waals surface area contributed by atoms with Crippen LogP contribution >= 0.6 is 11.6 Å². The number of nitrogens with zero attached hydrogens (tertiary/aromatic N) is 2. The number of fused-ring (bicyclic) bond motifs is 1. The quantitative estimate of drug-likeness (QED) is 0.203. The highest BCUT2D eigenvalue weighted by Crippen LogP contribution is 2.32. The van der Waals surface area contributed by atoms with Crippen molar-refractivity contribution in [3.8, 4) is 5.75 Å². The van der Waals surface area contributed by atoms with Crippen LogP contribution in [0.15, 0.2) is 95.6 Å². The SMILES string of the molecule is COc1ccc(Cl)c(Nc2nc3ccccc3nc2NS(=O)(=O)c2cccc(C(=O)NCCC3=CCNC=C3)c2)c1. The molecule has 0 spiro atoms. The van der Waals surface area contributed by atoms with Crippen molar-refractivity contribution in [2.75, 3.05) is 30.2 Å². The molecule has 0 saturated carbocycles. The van der Waals surface area contributed by atoms with E-state index < -0.39 is 10.0 Å². The van der Waals surface area contributed by atoms with E-state index in [-0.39, 0.29) is 28.0 Å². The minimum atomic E-state index is -4.17. The van der Waals surface area contributed by atoms with Gasteiger partial charge in [0.15, 0.2) is 11.6 Å². The summed E-state index contributed by atoms with van der Waals surface area (Å²) in [6, 6.07) is 17.9. The number of nitrogens with one attached hydrogen (secondary N) is 4. The molecule has 3 aromatic carbocycles. The summed E-state index contributed by atoms with van der Waals surface area (Å²) in [7, 11) is -2.64. The number of hydrogen-bond acceptors (Lipinski definition) is 8. The Morgan fingerprint density at radius 2 is 1.80 bits per heavy atom. The molecule has 0 radical (unpaired) electrons. The molecular weight excluding hydrogens is 564 g/mol. The minimum absolute atomic E-state index is 0.0410. The van der Waals surface area contributed by atoms with E-state index in [0.29, 0.717) is 40.5 Å². The maximum absolute atomic E-state index is 13.5. The Morgan fingerprint density at radius 3 is 2.54 bits per heavy atom. The van der Waals surface area contributed by atoms with Crippen LogP contribution in [0.25, 0.3) is 11.0 Å². The monoisotopic (exact) mass is 590 g/mol. The number of amides is 1. The maximum atomic E-state index is 13.5. The molecule has 2 heterocycles. The third kappa shape index (κ3) is 6.76. The normalized spacial score (nSPS) is 12.8. The smallest absolute Gasteiger partial charge is 0.263 e. The molecule has 0 bridgehead atoms. The second kappa shape index (κ2) is 12.3. The number of allylic oxidation sites excluding steroid dienone is 1. The summed E-state index contributed by atoms with van der Waals surface area (Å²) in [6.07, 6.45) is 6.53. The van der Waals surface area contributed by atoms with Gasteiger partial charge in [0.25, 0.3) is 15.9 Å². The average molecular weight is 591 g/mol. The number of anilines is 3. The highest BCUT2D eigenvalue weighted by Gasteiger charge is 2.21. The van der Waals surface area contributed by atoms with Crippen molar-refractivity contribution in [2.45, 2.75) is 11.3 Å². The first-order chi connectivity index (χ1) is 19.8. The van der Waals surface area contributed by atoms with E-state index in [4.69, 9.17) is 16.3 Å². The van der Waals surface area contributed by atoms with Crippen LogP contribution in [-0.2, 0) is 10.0 Å². The van der Waals surface area contributed by atoms with Crippen LogP contribution in [0.5, 0.6) is 5.75 Å². The van der Waals surface area contributed by atoms with E-state index in [9.17, 15) is 13.2 Å². The topological polar surface area (TPSA) is 134 Å². The molecular formula is C29H27ClN6O4S. The second-order valence-electron chi connectivity index (χ2n) is 9.04. The molecule has 4 N–H and O–H groups in total. The van der Waals surface area contributed by atoms with Crippen LogP contribution in [-0.4, -0.2) is 44.5 Å². The lowest BCUT2D eigenvalue weighted by molar-refractivity contribution is 0.0954. The second-order valence-corrected chi connectivity index (χ2v) is 11.1. The van der Waals surface area contributed by atoms with E-state index in [2.05, 4.69) is 30.6 Å². The Hall–Kier alpha value is -4.61. The summed E-state index contributed by atoms with van der Waals surface area (Å²) < 4.78 is 34.8. The summed E-state index contributed by atoms with van der Waals surface area (Å²) in [6.45, 7) is 1.16. The Balaban J connectivity index is 1.40. The zero-order valence-electron chi connectivity index (χ0n) is 22.0. The highest BCUT2D eigenvalue weighted by molar-refractivity contribution is 7.92. The van der Waals surface area contributed by atoms with Gasteiger partial charge in [-0.05, 0) is 66.7 Å². The van der Waals surface area contributed by atoms with E-state index in [1.165, 1.54) is 25.3 Å². The molecule has 0 saturated heterocycles. The van der Waals surface area contributed by atoms with Crippen molar-refractivity contribution >= 4 is 55.9 Å². The molecule has 0 fully saturated rings. The molecule has 0 atom stereocenters. The van der Waals surface area contributed by atoms with Crippen molar-refractivity contribution in [3.63, 3.8) is 0 Å². The number of dihydropyridines is 1. The van der Waals surface area contributed by atoms with Gasteiger partial charge in [-0.2, -0.15) is 0 Å². The van der Waals surface area contributed by atoms with Crippen molar-refractivity contribution < 1.29 is 17.9 Å². The molecule has 0 aliphatic carbocycles. The first-order valence-electron chi connectivity index (χ1n) is 12.7. The number of rotatable bonds is 10. The van der Waals surface area contributed by atoms with E-state index >= 15 is 0 Å². The van der Waals surface area contributed by atoms with E-state index in [0.717, 1.165) is 12.1 Å². The van der Waals surface area contributed by atoms with Crippen molar-refractivity contribution in [1.82, 2.24) is 20.6 Å². The van der Waals surface area contributed by atoms with Gasteiger partial charge in [0.05, 0.1) is 33.7 Å². The van der Waals surface area contributed by atoms with Gasteiger partial charge in [0.2, 0.25) is 0 Å². The Kier molecular flexibility index (Phi) is 8.37. The summed E-state index contributed by atoms with van der Waals surface area (Å²) in [4.78, 5) is 21.8. The number of hydrogen-bond donors (Lipinski definition) is 4. The molecule has 1 aliphatic rings. The molecule has 4 aromatic rings. The molecule has 1 amide bonds. The van der Waals surface area contributed by atoms with Gasteiger partial charge in [0.1, 0.15) is 5.75 Å². The molecule has 0 unspecified atom stereocenters. The average Bonchev–Trinajstić information content (AvgIpc) is 2.99. The van der Waals surface area contributed by atoms with Crippen LogP contribution in [0, 0.1) is 0 Å². The first kappa shape index (κ1) is 27.9. The fourth-order valence-corrected chi connectivity index (χ4v) is 5.32. The van der Waals surface area contributed by atoms with Crippen LogP contribution in [0.2, 0.25) is 5.02 Å². The van der Waals surface area contributed by atoms with Crippen molar-refractivity contribution in [2.24, 2.45) is 0 Å². The third-order valence-electron chi connectivity index (χ3n) is 6.23. The van der Waals surface area contributed by atoms with E-state index in [1.54, 1.807) is 48.5 Å². The van der Waals surface area contributed by atoms with E-state index in [1.807, 2.05) is 18.4 Å². The van der Waals surface area contributed by atoms with Gasteiger partial charge in [0, 0.05) is 24.7 Å². The molecule has 1 aromatic heterocycles. The summed E-state index contributed by atoms with van der Waals surface area (Å²) in [5, 5.41) is 9.37. The molecule has 41 heavy (non-hydrogen) atoms. The molecule has 1 aliphatic heterocycles. The lowest BCUT2D eigenvalue weighted by atomic mass is 10.1. The maximum Gasteiger partial charge on any atom is 0.263 e. The number of halogens is 1. The summed E-state index contributed by atoms with van der Waals surface area (Å²) in [5.41, 5.74) is 2.81. The van der Waals surface area contributed by atoms with Crippen LogP contribution in [0.4, 0.5) is 17.3 Å². The minimum Gasteiger partial charge on any atom is -0.497 e. The van der Waals surface area contributed by atoms with Gasteiger partial charge in [-0.3, -0.25) is 9.52 Å². The molecule has 12 heteroatoms. The van der Waals surface area contributed by atoms with Gasteiger partial charge in [-0.25, -0.2) is 18.4 Å². The summed E-state index contributed by atoms with van der Waals surface area (Å²) in [5.74, 6) is 0.270. The van der Waals surface area contributed by atoms with Crippen molar-refractivity contribution in [1.29, 1.82) is 0 Å². The number of sulfonamides is 1. The standard InChI is InChI=1S/C29H27ClN6O4S/c1-40-21-9-10-23(30)26(18-21)35-27-28(34-25-8-3-2-7-24(25)33-27)36-41(38,39)22-6-4-5-20(17-22)29(37)32-16-13-19-11-14-31-15-12-19/h2-12,14,17-18,31H,13,15-16H2,1H3,(H,32,37)(H,33,35)(H,34,36). The molecule has 10 nitrogen and oxygen atoms in total. The number of carbonyl (C=O) groups excluding carboxylic acids is 1. The predicted molar refractivity (Wildman–Crippen MR) is 160 cm³/mol. The first-order valence-corrected chi connectivity index (χ1v) is 14.6.